The van der Waals surface area contributed by atoms with Gasteiger partial charge in [0.1, 0.15) is 5.69 Å². The Balaban J connectivity index is 1.73. The van der Waals surface area contributed by atoms with Crippen LogP contribution in [0.25, 0.3) is 0 Å². The van der Waals surface area contributed by atoms with E-state index in [0.29, 0.717) is 12.2 Å². The van der Waals surface area contributed by atoms with Crippen LogP contribution in [0, 0.1) is 6.92 Å². The minimum Gasteiger partial charge on any atom is -0.333 e. The van der Waals surface area contributed by atoms with E-state index in [1.54, 1.807) is 0 Å². The second-order valence-corrected chi connectivity index (χ2v) is 7.40. The molecule has 140 valence electrons. The van der Waals surface area contributed by atoms with Crippen molar-refractivity contribution in [1.29, 1.82) is 0 Å². The van der Waals surface area contributed by atoms with Crippen LogP contribution in [-0.4, -0.2) is 22.3 Å². The minimum absolute atomic E-state index is 0.0126. The topological polar surface area (TPSA) is 45.2 Å². The lowest BCUT2D eigenvalue weighted by Gasteiger charge is -2.21. The van der Waals surface area contributed by atoms with E-state index in [0.717, 1.165) is 41.3 Å². The van der Waals surface area contributed by atoms with Crippen molar-refractivity contribution in [2.24, 2.45) is 0 Å². The molecule has 3 rings (SSSR count). The Morgan fingerprint density at radius 3 is 2.59 bits per heavy atom. The van der Waals surface area contributed by atoms with Gasteiger partial charge in [-0.1, -0.05) is 61.9 Å². The molecular formula is C22H25N3OS. The molecule has 0 fully saturated rings. The molecule has 1 amide bonds. The van der Waals surface area contributed by atoms with Gasteiger partial charge in [0, 0.05) is 24.2 Å². The number of aryl methyl sites for hydroxylation is 1. The monoisotopic (exact) mass is 379 g/mol. The summed E-state index contributed by atoms with van der Waals surface area (Å²) in [5.74, 6) is -0.0126. The van der Waals surface area contributed by atoms with Crippen LogP contribution >= 0.6 is 11.3 Å². The summed E-state index contributed by atoms with van der Waals surface area (Å²) < 4.78 is 0. The first-order valence-corrected chi connectivity index (χ1v) is 10.2. The van der Waals surface area contributed by atoms with Gasteiger partial charge in [0.05, 0.1) is 0 Å². The summed E-state index contributed by atoms with van der Waals surface area (Å²) in [6, 6.07) is 18.2. The van der Waals surface area contributed by atoms with E-state index in [1.807, 2.05) is 59.7 Å². The van der Waals surface area contributed by atoms with Gasteiger partial charge in [-0.15, -0.1) is 11.3 Å². The summed E-state index contributed by atoms with van der Waals surface area (Å²) in [5.41, 5.74) is 3.80. The van der Waals surface area contributed by atoms with Gasteiger partial charge < -0.3 is 10.2 Å². The standard InChI is InChI=1S/C22H25N3OS/c1-3-4-14-25(15-18-11-6-5-7-12-18)21(26)20-16-27-22(24-20)23-19-13-9-8-10-17(19)2/h5-13,16H,3-4,14-15H2,1-2H3,(H,23,24). The third-order valence-corrected chi connectivity index (χ3v) is 5.15. The Hall–Kier alpha value is -2.66. The minimum atomic E-state index is -0.0126. The van der Waals surface area contributed by atoms with E-state index < -0.39 is 0 Å². The molecule has 0 aliphatic carbocycles. The molecule has 0 radical (unpaired) electrons. The largest absolute Gasteiger partial charge is 0.333 e. The number of aromatic nitrogens is 1. The van der Waals surface area contributed by atoms with Crippen LogP contribution in [0.3, 0.4) is 0 Å². The van der Waals surface area contributed by atoms with Crippen molar-refractivity contribution in [1.82, 2.24) is 9.88 Å². The van der Waals surface area contributed by atoms with Crippen LogP contribution in [0.5, 0.6) is 0 Å². The van der Waals surface area contributed by atoms with Gasteiger partial charge in [-0.05, 0) is 30.5 Å². The number of rotatable bonds is 8. The number of unbranched alkanes of at least 4 members (excludes halogenated alkanes) is 1. The molecule has 4 nitrogen and oxygen atoms in total. The fraction of sp³-hybridized carbons (Fsp3) is 0.273. The van der Waals surface area contributed by atoms with E-state index in [2.05, 4.69) is 29.4 Å². The molecule has 0 bridgehead atoms. The highest BCUT2D eigenvalue weighted by molar-refractivity contribution is 7.14. The second-order valence-electron chi connectivity index (χ2n) is 6.54. The number of nitrogens with one attached hydrogen (secondary N) is 1. The maximum atomic E-state index is 13.0. The van der Waals surface area contributed by atoms with Crippen molar-refractivity contribution >= 4 is 28.1 Å². The summed E-state index contributed by atoms with van der Waals surface area (Å²) in [7, 11) is 0. The Labute approximate surface area is 164 Å². The molecule has 0 atom stereocenters. The van der Waals surface area contributed by atoms with Gasteiger partial charge in [0.25, 0.3) is 5.91 Å². The number of carbonyl (C=O) groups excluding carboxylic acids is 1. The van der Waals surface area contributed by atoms with Gasteiger partial charge in [0.2, 0.25) is 0 Å². The Bertz CT molecular complexity index is 876. The number of amides is 1. The molecule has 1 heterocycles. The Kier molecular flexibility index (Phi) is 6.60. The molecule has 0 spiro atoms. The first-order chi connectivity index (χ1) is 13.2. The summed E-state index contributed by atoms with van der Waals surface area (Å²) in [4.78, 5) is 19.5. The number of thiazole rings is 1. The Morgan fingerprint density at radius 1 is 1.11 bits per heavy atom. The fourth-order valence-corrected chi connectivity index (χ4v) is 3.52. The molecule has 1 N–H and O–H groups in total. The van der Waals surface area contributed by atoms with Crippen molar-refractivity contribution < 1.29 is 4.79 Å². The average molecular weight is 380 g/mol. The lowest BCUT2D eigenvalue weighted by molar-refractivity contribution is 0.0736. The number of nitrogens with zero attached hydrogens (tertiary/aromatic N) is 2. The van der Waals surface area contributed by atoms with E-state index in [-0.39, 0.29) is 5.91 Å². The normalized spacial score (nSPS) is 10.6. The van der Waals surface area contributed by atoms with Crippen molar-refractivity contribution in [3.05, 3.63) is 76.8 Å². The number of para-hydroxylation sites is 1. The van der Waals surface area contributed by atoms with Gasteiger partial charge >= 0.3 is 0 Å². The first-order valence-electron chi connectivity index (χ1n) is 9.28. The maximum Gasteiger partial charge on any atom is 0.273 e. The zero-order chi connectivity index (χ0) is 19.1. The smallest absolute Gasteiger partial charge is 0.273 e. The highest BCUT2D eigenvalue weighted by Crippen LogP contribution is 2.24. The van der Waals surface area contributed by atoms with Crippen molar-refractivity contribution in [2.45, 2.75) is 33.2 Å². The van der Waals surface area contributed by atoms with Gasteiger partial charge in [-0.3, -0.25) is 4.79 Å². The van der Waals surface area contributed by atoms with Crippen LogP contribution in [-0.2, 0) is 6.54 Å². The quantitative estimate of drug-likeness (QED) is 0.551. The number of anilines is 2. The number of carbonyl (C=O) groups is 1. The SMILES string of the molecule is CCCCN(Cc1ccccc1)C(=O)c1csc(Nc2ccccc2C)n1. The number of hydrogen-bond donors (Lipinski definition) is 1. The lowest BCUT2D eigenvalue weighted by Crippen LogP contribution is -2.31. The Morgan fingerprint density at radius 2 is 1.85 bits per heavy atom. The molecule has 5 heteroatoms. The summed E-state index contributed by atoms with van der Waals surface area (Å²) in [6.45, 7) is 5.53. The molecule has 3 aromatic rings. The van der Waals surface area contributed by atoms with E-state index in [4.69, 9.17) is 0 Å². The van der Waals surface area contributed by atoms with Crippen LogP contribution in [0.15, 0.2) is 60.0 Å². The van der Waals surface area contributed by atoms with Crippen LogP contribution in [0.2, 0.25) is 0 Å². The molecule has 0 saturated carbocycles. The summed E-state index contributed by atoms with van der Waals surface area (Å²) in [6.07, 6.45) is 2.03. The lowest BCUT2D eigenvalue weighted by atomic mass is 10.2. The highest BCUT2D eigenvalue weighted by Gasteiger charge is 2.19. The third kappa shape index (κ3) is 5.17. The third-order valence-electron chi connectivity index (χ3n) is 4.40. The molecule has 2 aromatic carbocycles. The van der Waals surface area contributed by atoms with Crippen molar-refractivity contribution in [2.75, 3.05) is 11.9 Å². The molecule has 0 aliphatic rings. The maximum absolute atomic E-state index is 13.0. The number of benzene rings is 2. The van der Waals surface area contributed by atoms with Crippen LogP contribution in [0.1, 0.15) is 41.4 Å². The molecule has 0 saturated heterocycles. The molecule has 0 unspecified atom stereocenters. The van der Waals surface area contributed by atoms with Crippen LogP contribution < -0.4 is 5.32 Å². The zero-order valence-electron chi connectivity index (χ0n) is 15.8. The van der Waals surface area contributed by atoms with Crippen molar-refractivity contribution in [3.8, 4) is 0 Å². The number of hydrogen-bond acceptors (Lipinski definition) is 4. The van der Waals surface area contributed by atoms with E-state index in [9.17, 15) is 4.79 Å². The fourth-order valence-electron chi connectivity index (χ4n) is 2.82. The summed E-state index contributed by atoms with van der Waals surface area (Å²) in [5, 5.41) is 5.89. The summed E-state index contributed by atoms with van der Waals surface area (Å²) >= 11 is 1.46. The molecule has 0 aliphatic heterocycles. The molecular weight excluding hydrogens is 354 g/mol. The predicted molar refractivity (Wildman–Crippen MR) is 113 cm³/mol. The first kappa shape index (κ1) is 19.1. The van der Waals surface area contributed by atoms with Crippen molar-refractivity contribution in [3.63, 3.8) is 0 Å². The molecule has 27 heavy (non-hydrogen) atoms. The highest BCUT2D eigenvalue weighted by atomic mass is 32.1. The molecule has 1 aromatic heterocycles. The zero-order valence-corrected chi connectivity index (χ0v) is 16.6. The van der Waals surface area contributed by atoms with E-state index in [1.165, 1.54) is 11.3 Å². The van der Waals surface area contributed by atoms with Gasteiger partial charge in [-0.25, -0.2) is 4.98 Å². The second kappa shape index (κ2) is 9.33. The average Bonchev–Trinajstić information content (AvgIpc) is 3.16. The van der Waals surface area contributed by atoms with Gasteiger partial charge in [0.15, 0.2) is 5.13 Å². The van der Waals surface area contributed by atoms with Crippen LogP contribution in [0.4, 0.5) is 10.8 Å². The van der Waals surface area contributed by atoms with Gasteiger partial charge in [-0.2, -0.15) is 0 Å². The van der Waals surface area contributed by atoms with E-state index >= 15 is 0 Å². The predicted octanol–water partition coefficient (Wildman–Crippen LogP) is 5.64.